The summed E-state index contributed by atoms with van der Waals surface area (Å²) in [6, 6.07) is 7.81. The second-order valence-corrected chi connectivity index (χ2v) is 8.69. The number of nitrogens with one attached hydrogen (secondary N) is 1. The molecule has 2 N–H and O–H groups in total. The van der Waals surface area contributed by atoms with Crippen LogP contribution < -0.4 is 10.2 Å². The number of hydrogen-bond acceptors (Lipinski definition) is 7. The Balaban J connectivity index is 1.96. The third-order valence-electron chi connectivity index (χ3n) is 5.12. The van der Waals surface area contributed by atoms with Crippen molar-refractivity contribution < 1.29 is 24.4 Å². The summed E-state index contributed by atoms with van der Waals surface area (Å²) in [4.78, 5) is 40.8. The first-order valence-electron chi connectivity index (χ1n) is 10.2. The molecule has 170 valence electrons. The Labute approximate surface area is 185 Å². The van der Waals surface area contributed by atoms with Crippen molar-refractivity contribution in [2.24, 2.45) is 0 Å². The molecule has 0 saturated carbocycles. The van der Waals surface area contributed by atoms with Gasteiger partial charge in [-0.1, -0.05) is 18.2 Å². The van der Waals surface area contributed by atoms with Crippen molar-refractivity contribution in [3.05, 3.63) is 64.0 Å². The van der Waals surface area contributed by atoms with Crippen molar-refractivity contribution in [1.82, 2.24) is 10.3 Å². The molecule has 1 aliphatic heterocycles. The molecular formula is C22H26N4O6. The maximum atomic E-state index is 12.4. The number of carboxylic acids is 1. The molecule has 10 heteroatoms. The van der Waals surface area contributed by atoms with Crippen LogP contribution >= 0.6 is 0 Å². The zero-order valence-electron chi connectivity index (χ0n) is 18.1. The number of anilines is 1. The highest BCUT2D eigenvalue weighted by Gasteiger charge is 2.34. The lowest BCUT2D eigenvalue weighted by molar-refractivity contribution is -0.384. The van der Waals surface area contributed by atoms with Gasteiger partial charge in [0.05, 0.1) is 16.5 Å². The molecule has 2 aromatic rings. The highest BCUT2D eigenvalue weighted by Crippen LogP contribution is 2.35. The van der Waals surface area contributed by atoms with Crippen molar-refractivity contribution in [3.8, 4) is 0 Å². The molecule has 32 heavy (non-hydrogen) atoms. The van der Waals surface area contributed by atoms with Gasteiger partial charge in [-0.2, -0.15) is 0 Å². The summed E-state index contributed by atoms with van der Waals surface area (Å²) in [5.41, 5.74) is 0.295. The van der Waals surface area contributed by atoms with Crippen LogP contribution in [0.1, 0.15) is 49.0 Å². The molecule has 1 amide bonds. The normalized spacial score (nSPS) is 18.7. The van der Waals surface area contributed by atoms with Crippen molar-refractivity contribution in [3.63, 3.8) is 0 Å². The van der Waals surface area contributed by atoms with Crippen LogP contribution in [-0.2, 0) is 4.74 Å². The van der Waals surface area contributed by atoms with Crippen molar-refractivity contribution in [2.75, 3.05) is 18.0 Å². The Hall–Kier alpha value is -3.69. The molecule has 3 rings (SSSR count). The van der Waals surface area contributed by atoms with Crippen LogP contribution in [0.4, 0.5) is 16.2 Å². The lowest BCUT2D eigenvalue weighted by Gasteiger charge is -2.39. The number of piperidine rings is 1. The van der Waals surface area contributed by atoms with E-state index in [-0.39, 0.29) is 17.2 Å². The number of rotatable bonds is 5. The van der Waals surface area contributed by atoms with Gasteiger partial charge in [0.1, 0.15) is 17.5 Å². The fraction of sp³-hybridized carbons (Fsp3) is 0.409. The standard InChI is InChI=1S/C22H26N4O6/c1-22(2,3)32-21(29)24-15-10-14(16-6-4-5-7-17(16)20(27)28)12-25(13-15)18-8-9-23-11-19(18)26(30)31/h4-9,11,14-15H,10,12-13H2,1-3H3,(H,24,29)(H,27,28)/t14-,15+/m1/s1. The number of aromatic nitrogens is 1. The molecule has 1 aromatic carbocycles. The first kappa shape index (κ1) is 23.0. The second kappa shape index (κ2) is 9.21. The number of alkyl carbamates (subject to hydrolysis) is 1. The largest absolute Gasteiger partial charge is 0.478 e. The van der Waals surface area contributed by atoms with Crippen molar-refractivity contribution >= 4 is 23.4 Å². The Kier molecular flexibility index (Phi) is 6.61. The first-order chi connectivity index (χ1) is 15.0. The molecule has 0 spiro atoms. The Morgan fingerprint density at radius 2 is 1.97 bits per heavy atom. The molecular weight excluding hydrogens is 416 g/mol. The van der Waals surface area contributed by atoms with E-state index in [1.165, 1.54) is 18.5 Å². The fourth-order valence-corrected chi connectivity index (χ4v) is 3.93. The van der Waals surface area contributed by atoms with Crippen molar-refractivity contribution in [1.29, 1.82) is 0 Å². The molecule has 0 aliphatic carbocycles. The molecule has 2 atom stereocenters. The average molecular weight is 442 g/mol. The van der Waals surface area contributed by atoms with Crippen LogP contribution in [0.15, 0.2) is 42.7 Å². The minimum Gasteiger partial charge on any atom is -0.478 e. The number of carboxylic acid groups (broad SMARTS) is 1. The van der Waals surface area contributed by atoms with E-state index < -0.39 is 28.6 Å². The highest BCUT2D eigenvalue weighted by molar-refractivity contribution is 5.89. The van der Waals surface area contributed by atoms with Gasteiger partial charge in [-0.15, -0.1) is 0 Å². The van der Waals surface area contributed by atoms with Gasteiger partial charge in [-0.25, -0.2) is 9.59 Å². The van der Waals surface area contributed by atoms with E-state index in [4.69, 9.17) is 4.74 Å². The topological polar surface area (TPSA) is 135 Å². The van der Waals surface area contributed by atoms with Crippen LogP contribution in [0.5, 0.6) is 0 Å². The Morgan fingerprint density at radius 3 is 2.62 bits per heavy atom. The van der Waals surface area contributed by atoms with E-state index in [0.717, 1.165) is 0 Å². The molecule has 1 fully saturated rings. The monoisotopic (exact) mass is 442 g/mol. The molecule has 0 bridgehead atoms. The predicted octanol–water partition coefficient (Wildman–Crippen LogP) is 3.58. The zero-order valence-corrected chi connectivity index (χ0v) is 18.1. The van der Waals surface area contributed by atoms with Crippen LogP contribution in [0, 0.1) is 10.1 Å². The van der Waals surface area contributed by atoms with E-state index >= 15 is 0 Å². The third kappa shape index (κ3) is 5.51. The number of nitro groups is 1. The number of ether oxygens (including phenoxy) is 1. The minimum absolute atomic E-state index is 0.157. The number of nitrogens with zero attached hydrogens (tertiary/aromatic N) is 3. The molecule has 1 aliphatic rings. The summed E-state index contributed by atoms with van der Waals surface area (Å²) in [7, 11) is 0. The van der Waals surface area contributed by atoms with Crippen LogP contribution in [0.2, 0.25) is 0 Å². The van der Waals surface area contributed by atoms with Gasteiger partial charge in [0.25, 0.3) is 0 Å². The molecule has 1 aromatic heterocycles. The lowest BCUT2D eigenvalue weighted by Crippen LogP contribution is -2.51. The first-order valence-corrected chi connectivity index (χ1v) is 10.2. The zero-order chi connectivity index (χ0) is 23.5. The van der Waals surface area contributed by atoms with Crippen LogP contribution in [0.3, 0.4) is 0 Å². The summed E-state index contributed by atoms with van der Waals surface area (Å²) < 4.78 is 5.37. The third-order valence-corrected chi connectivity index (χ3v) is 5.12. The fourth-order valence-electron chi connectivity index (χ4n) is 3.93. The minimum atomic E-state index is -1.05. The smallest absolute Gasteiger partial charge is 0.407 e. The van der Waals surface area contributed by atoms with E-state index in [2.05, 4.69) is 10.3 Å². The van der Waals surface area contributed by atoms with E-state index in [1.807, 2.05) is 0 Å². The number of benzene rings is 1. The van der Waals surface area contributed by atoms with Gasteiger partial charge >= 0.3 is 17.7 Å². The quantitative estimate of drug-likeness (QED) is 0.530. The van der Waals surface area contributed by atoms with Gasteiger partial charge < -0.3 is 20.1 Å². The number of aromatic carboxylic acids is 1. The summed E-state index contributed by atoms with van der Waals surface area (Å²) >= 11 is 0. The van der Waals surface area contributed by atoms with Gasteiger partial charge in [0.2, 0.25) is 0 Å². The van der Waals surface area contributed by atoms with Crippen LogP contribution in [-0.4, -0.2) is 51.8 Å². The SMILES string of the molecule is CC(C)(C)OC(=O)N[C@H]1C[C@@H](c2ccccc2C(=O)O)CN(c2ccncc2[N+](=O)[O-])C1. The Bertz CT molecular complexity index is 954. The molecule has 1 saturated heterocycles. The number of hydrogen-bond donors (Lipinski definition) is 2. The summed E-state index contributed by atoms with van der Waals surface area (Å²) in [5.74, 6) is -1.34. The number of carbonyl (C=O) groups is 2. The van der Waals surface area contributed by atoms with Gasteiger partial charge in [-0.3, -0.25) is 15.1 Å². The molecule has 2 heterocycles. The lowest BCUT2D eigenvalue weighted by atomic mass is 9.85. The number of amides is 1. The Morgan fingerprint density at radius 1 is 1.25 bits per heavy atom. The predicted molar refractivity (Wildman–Crippen MR) is 117 cm³/mol. The average Bonchev–Trinajstić information content (AvgIpc) is 2.72. The van der Waals surface area contributed by atoms with Crippen LogP contribution in [0.25, 0.3) is 0 Å². The maximum absolute atomic E-state index is 12.4. The van der Waals surface area contributed by atoms with Gasteiger partial charge in [0, 0.05) is 25.2 Å². The molecule has 10 nitrogen and oxygen atoms in total. The molecule has 0 unspecified atom stereocenters. The van der Waals surface area contributed by atoms with Gasteiger partial charge in [-0.05, 0) is 44.9 Å². The van der Waals surface area contributed by atoms with Crippen molar-refractivity contribution in [2.45, 2.75) is 44.8 Å². The molecule has 0 radical (unpaired) electrons. The summed E-state index contributed by atoms with van der Waals surface area (Å²) in [6.07, 6.45) is 2.51. The van der Waals surface area contributed by atoms with E-state index in [0.29, 0.717) is 30.8 Å². The summed E-state index contributed by atoms with van der Waals surface area (Å²) in [6.45, 7) is 5.92. The summed E-state index contributed by atoms with van der Waals surface area (Å²) in [5, 5.41) is 24.0. The number of carbonyl (C=O) groups excluding carboxylic acids is 1. The highest BCUT2D eigenvalue weighted by atomic mass is 16.6. The van der Waals surface area contributed by atoms with E-state index in [9.17, 15) is 24.8 Å². The second-order valence-electron chi connectivity index (χ2n) is 8.69. The maximum Gasteiger partial charge on any atom is 0.407 e. The van der Waals surface area contributed by atoms with Gasteiger partial charge in [0.15, 0.2) is 0 Å². The number of pyridine rings is 1. The van der Waals surface area contributed by atoms with E-state index in [1.54, 1.807) is 49.9 Å².